The Hall–Kier alpha value is -2.37. The van der Waals surface area contributed by atoms with E-state index < -0.39 is 28.8 Å². The molecule has 3 aromatic rings. The Bertz CT molecular complexity index is 875. The summed E-state index contributed by atoms with van der Waals surface area (Å²) >= 11 is 0. The van der Waals surface area contributed by atoms with Crippen LogP contribution in [0.5, 0.6) is 0 Å². The third kappa shape index (κ3) is 1.98. The van der Waals surface area contributed by atoms with Crippen molar-refractivity contribution in [3.05, 3.63) is 47.5 Å². The number of fused-ring (bicyclic) bond motifs is 2. The van der Waals surface area contributed by atoms with E-state index in [9.17, 15) is 17.6 Å². The second kappa shape index (κ2) is 4.58. The maximum atomic E-state index is 13.8. The highest BCUT2D eigenvalue weighted by Crippen LogP contribution is 2.29. The highest BCUT2D eigenvalue weighted by atomic mass is 19.2. The molecule has 0 amide bonds. The molecule has 0 bridgehead atoms. The quantitative estimate of drug-likeness (QED) is 0.292. The average molecular weight is 294 g/mol. The van der Waals surface area contributed by atoms with Gasteiger partial charge in [0.15, 0.2) is 23.3 Å². The highest BCUT2D eigenvalue weighted by Gasteiger charge is 2.21. The minimum absolute atomic E-state index is 0.373. The monoisotopic (exact) mass is 294 g/mol. The third-order valence-electron chi connectivity index (χ3n) is 3.34. The van der Waals surface area contributed by atoms with Crippen molar-refractivity contribution in [1.82, 2.24) is 4.98 Å². The van der Waals surface area contributed by atoms with Crippen LogP contribution in [0.4, 0.5) is 23.2 Å². The van der Waals surface area contributed by atoms with Crippen LogP contribution in [0.15, 0.2) is 24.3 Å². The Kier molecular flexibility index (Phi) is 2.97. The van der Waals surface area contributed by atoms with Gasteiger partial charge in [-0.25, -0.2) is 22.5 Å². The van der Waals surface area contributed by atoms with Gasteiger partial charge in [0.2, 0.25) is 0 Å². The molecule has 0 unspecified atom stereocenters. The Balaban J connectivity index is 2.43. The van der Waals surface area contributed by atoms with E-state index in [-0.39, 0.29) is 5.39 Å². The van der Waals surface area contributed by atoms with E-state index in [1.807, 2.05) is 19.0 Å². The third-order valence-corrected chi connectivity index (χ3v) is 3.34. The van der Waals surface area contributed by atoms with Crippen molar-refractivity contribution in [3.63, 3.8) is 0 Å². The predicted octanol–water partition coefficient (Wildman–Crippen LogP) is 4.01. The molecule has 1 aromatic heterocycles. The summed E-state index contributed by atoms with van der Waals surface area (Å²) in [7, 11) is 3.65. The fourth-order valence-corrected chi connectivity index (χ4v) is 2.19. The van der Waals surface area contributed by atoms with Crippen molar-refractivity contribution < 1.29 is 17.6 Å². The molecule has 1 heterocycles. The van der Waals surface area contributed by atoms with Crippen LogP contribution in [0.1, 0.15) is 0 Å². The normalized spacial score (nSPS) is 11.3. The van der Waals surface area contributed by atoms with E-state index in [0.29, 0.717) is 10.9 Å². The molecule has 21 heavy (non-hydrogen) atoms. The summed E-state index contributed by atoms with van der Waals surface area (Å²) < 4.78 is 54.1. The van der Waals surface area contributed by atoms with Crippen molar-refractivity contribution in [2.75, 3.05) is 19.0 Å². The number of hydrogen-bond acceptors (Lipinski definition) is 2. The molecule has 108 valence electrons. The number of benzene rings is 2. The lowest BCUT2D eigenvalue weighted by Gasteiger charge is -2.13. The van der Waals surface area contributed by atoms with Crippen LogP contribution in [0.25, 0.3) is 21.8 Å². The summed E-state index contributed by atoms with van der Waals surface area (Å²) in [5.41, 5.74) is 0.682. The Labute approximate surface area is 117 Å². The van der Waals surface area contributed by atoms with Crippen LogP contribution in [0.3, 0.4) is 0 Å². The molecule has 0 spiro atoms. The van der Waals surface area contributed by atoms with Crippen molar-refractivity contribution in [2.24, 2.45) is 0 Å². The first-order chi connectivity index (χ1) is 9.90. The fraction of sp³-hybridized carbons (Fsp3) is 0.133. The first-order valence-corrected chi connectivity index (χ1v) is 6.14. The van der Waals surface area contributed by atoms with E-state index in [0.717, 1.165) is 5.69 Å². The Morgan fingerprint density at radius 3 is 2.19 bits per heavy atom. The molecule has 0 radical (unpaired) electrons. The Morgan fingerprint density at radius 1 is 0.857 bits per heavy atom. The molecule has 0 atom stereocenters. The van der Waals surface area contributed by atoms with Gasteiger partial charge in [-0.1, -0.05) is 0 Å². The number of nitrogens with zero attached hydrogens (tertiary/aromatic N) is 2. The van der Waals surface area contributed by atoms with Crippen LogP contribution in [0, 0.1) is 23.3 Å². The van der Waals surface area contributed by atoms with E-state index in [4.69, 9.17) is 0 Å². The Morgan fingerprint density at radius 2 is 1.52 bits per heavy atom. The molecule has 6 heteroatoms. The zero-order valence-corrected chi connectivity index (χ0v) is 11.2. The lowest BCUT2D eigenvalue weighted by atomic mass is 10.1. The number of rotatable bonds is 1. The number of halogens is 4. The van der Waals surface area contributed by atoms with Crippen molar-refractivity contribution in [1.29, 1.82) is 0 Å². The van der Waals surface area contributed by atoms with Gasteiger partial charge in [-0.2, -0.15) is 0 Å². The largest absolute Gasteiger partial charge is 0.378 e. The number of aromatic nitrogens is 1. The molecular formula is C15H10F4N2. The van der Waals surface area contributed by atoms with Gasteiger partial charge in [0.1, 0.15) is 5.52 Å². The van der Waals surface area contributed by atoms with E-state index >= 15 is 0 Å². The van der Waals surface area contributed by atoms with Gasteiger partial charge in [-0.15, -0.1) is 0 Å². The average Bonchev–Trinajstić information content (AvgIpc) is 2.48. The first-order valence-electron chi connectivity index (χ1n) is 6.14. The second-order valence-corrected chi connectivity index (χ2v) is 4.91. The summed E-state index contributed by atoms with van der Waals surface area (Å²) in [5.74, 6) is -6.60. The van der Waals surface area contributed by atoms with E-state index in [1.165, 1.54) is 6.07 Å². The van der Waals surface area contributed by atoms with Crippen molar-refractivity contribution in [2.45, 2.75) is 0 Å². The highest BCUT2D eigenvalue weighted by molar-refractivity contribution is 5.94. The van der Waals surface area contributed by atoms with Crippen LogP contribution in [-0.4, -0.2) is 19.1 Å². The van der Waals surface area contributed by atoms with E-state index in [2.05, 4.69) is 4.98 Å². The molecule has 3 rings (SSSR count). The zero-order chi connectivity index (χ0) is 15.3. The number of hydrogen-bond donors (Lipinski definition) is 0. The summed E-state index contributed by atoms with van der Waals surface area (Å²) in [4.78, 5) is 5.73. The maximum Gasteiger partial charge on any atom is 0.199 e. The molecule has 0 fully saturated rings. The van der Waals surface area contributed by atoms with Gasteiger partial charge in [-0.05, 0) is 24.3 Å². The standard InChI is InChI=1S/C15H10F4N2/c1-21(2)8-3-4-10-7(5-8)6-9-11(16)12(17)13(18)14(19)15(9)20-10/h3-6H,1-2H3. The smallest absolute Gasteiger partial charge is 0.199 e. The number of pyridine rings is 1. The van der Waals surface area contributed by atoms with Gasteiger partial charge in [-0.3, -0.25) is 0 Å². The van der Waals surface area contributed by atoms with Crippen LogP contribution < -0.4 is 4.90 Å². The SMILES string of the molecule is CN(C)c1ccc2nc3c(F)c(F)c(F)c(F)c3cc2c1. The van der Waals surface area contributed by atoms with Crippen molar-refractivity contribution in [3.8, 4) is 0 Å². The molecule has 0 aliphatic heterocycles. The van der Waals surface area contributed by atoms with Gasteiger partial charge in [0.05, 0.1) is 5.52 Å². The molecule has 0 saturated carbocycles. The van der Waals surface area contributed by atoms with Gasteiger partial charge in [0, 0.05) is 30.6 Å². The molecule has 0 N–H and O–H groups in total. The summed E-state index contributed by atoms with van der Waals surface area (Å²) in [6.45, 7) is 0. The fourth-order valence-electron chi connectivity index (χ4n) is 2.19. The maximum absolute atomic E-state index is 13.8. The molecule has 2 aromatic carbocycles. The molecule has 0 aliphatic carbocycles. The van der Waals surface area contributed by atoms with Gasteiger partial charge in [0.25, 0.3) is 0 Å². The topological polar surface area (TPSA) is 16.1 Å². The summed E-state index contributed by atoms with van der Waals surface area (Å²) in [6, 6.07) is 6.34. The lowest BCUT2D eigenvalue weighted by molar-refractivity contribution is 0.417. The molecule has 0 aliphatic rings. The molecular weight excluding hydrogens is 284 g/mol. The van der Waals surface area contributed by atoms with Crippen LogP contribution >= 0.6 is 0 Å². The lowest BCUT2D eigenvalue weighted by Crippen LogP contribution is -2.08. The predicted molar refractivity (Wildman–Crippen MR) is 73.4 cm³/mol. The van der Waals surface area contributed by atoms with Crippen LogP contribution in [0.2, 0.25) is 0 Å². The van der Waals surface area contributed by atoms with Gasteiger partial charge < -0.3 is 4.90 Å². The summed E-state index contributed by atoms with van der Waals surface area (Å²) in [5, 5.41) is 0.132. The molecule has 2 nitrogen and oxygen atoms in total. The second-order valence-electron chi connectivity index (χ2n) is 4.91. The van der Waals surface area contributed by atoms with Crippen LogP contribution in [-0.2, 0) is 0 Å². The van der Waals surface area contributed by atoms with E-state index in [1.54, 1.807) is 18.2 Å². The molecule has 0 saturated heterocycles. The first kappa shape index (κ1) is 13.6. The van der Waals surface area contributed by atoms with Crippen molar-refractivity contribution >= 4 is 27.5 Å². The minimum Gasteiger partial charge on any atom is -0.378 e. The van der Waals surface area contributed by atoms with Gasteiger partial charge >= 0.3 is 0 Å². The number of anilines is 1. The summed E-state index contributed by atoms with van der Waals surface area (Å²) in [6.07, 6.45) is 0. The minimum atomic E-state index is -1.85. The zero-order valence-electron chi connectivity index (χ0n) is 11.2.